The maximum Gasteiger partial charge on any atom is 0.0562 e. The number of benzene rings is 7. The van der Waals surface area contributed by atoms with Crippen LogP contribution in [-0.2, 0) is 0 Å². The zero-order valence-electron chi connectivity index (χ0n) is 38.7. The summed E-state index contributed by atoms with van der Waals surface area (Å²) in [7, 11) is 0. The second-order valence-corrected chi connectivity index (χ2v) is 18.0. The molecule has 7 rings (SSSR count). The van der Waals surface area contributed by atoms with Crippen LogP contribution in [0.25, 0.3) is 0 Å². The smallest absolute Gasteiger partial charge is 0.0562 e. The molecule has 0 N–H and O–H groups in total. The molecule has 0 amide bonds. The summed E-state index contributed by atoms with van der Waals surface area (Å²) in [4.78, 5) is 7.62. The van der Waals surface area contributed by atoms with Crippen LogP contribution in [-0.4, -0.2) is 0 Å². The Bertz CT molecular complexity index is 2190. The molecule has 3 heteroatoms. The van der Waals surface area contributed by atoms with Crippen molar-refractivity contribution < 1.29 is 0 Å². The van der Waals surface area contributed by atoms with Crippen molar-refractivity contribution in [2.75, 3.05) is 14.7 Å². The van der Waals surface area contributed by atoms with E-state index < -0.39 is 0 Å². The third-order valence-electron chi connectivity index (χ3n) is 11.6. The van der Waals surface area contributed by atoms with Gasteiger partial charge in [0.1, 0.15) is 0 Å². The van der Waals surface area contributed by atoms with Gasteiger partial charge in [-0.1, -0.05) is 36.4 Å². The highest BCUT2D eigenvalue weighted by molar-refractivity contribution is 5.97. The van der Waals surface area contributed by atoms with Crippen molar-refractivity contribution in [1.82, 2.24) is 0 Å². The van der Waals surface area contributed by atoms with Crippen molar-refractivity contribution in [3.8, 4) is 0 Å². The van der Waals surface area contributed by atoms with Crippen molar-refractivity contribution in [2.45, 2.75) is 104 Å². The maximum atomic E-state index is 2.54. The summed E-state index contributed by atoms with van der Waals surface area (Å²) >= 11 is 0. The Balaban J connectivity index is 1.74. The minimum Gasteiger partial charge on any atom is -0.310 e. The topological polar surface area (TPSA) is 9.72 Å². The van der Waals surface area contributed by atoms with Gasteiger partial charge in [-0.15, -0.1) is 0 Å². The van der Waals surface area contributed by atoms with Crippen LogP contribution in [0.15, 0.2) is 109 Å². The van der Waals surface area contributed by atoms with Gasteiger partial charge in [-0.25, -0.2) is 0 Å². The number of anilines is 9. The summed E-state index contributed by atoms with van der Waals surface area (Å²) in [5, 5.41) is 0. The zero-order valence-corrected chi connectivity index (χ0v) is 38.7. The van der Waals surface area contributed by atoms with Gasteiger partial charge in [0.05, 0.1) is 17.1 Å². The first-order valence-electron chi connectivity index (χ1n) is 21.4. The Morgan fingerprint density at radius 1 is 0.183 bits per heavy atom. The Hall–Kier alpha value is -6.06. The van der Waals surface area contributed by atoms with Gasteiger partial charge in [-0.05, 0) is 260 Å². The molecule has 7 aromatic rings. The van der Waals surface area contributed by atoms with E-state index in [1.165, 1.54) is 101 Å². The molecule has 0 heterocycles. The van der Waals surface area contributed by atoms with E-state index in [0.29, 0.717) is 0 Å². The molecule has 0 saturated heterocycles. The van der Waals surface area contributed by atoms with Crippen LogP contribution in [0.3, 0.4) is 0 Å². The standard InChI is InChI=1S/C57H63N3/c1-34-16-35(2)23-49(22-34)58(50-24-36(3)17-37(4)25-50)55-46(13)56(59(51-26-38(5)18-39(6)27-51)52-28-40(7)19-41(8)29-52)48(15)57(47(55)14)60(53-30-42(9)20-43(10)31-53)54-32-44(11)21-45(12)33-54/h16-33H,1-15H3. The number of nitrogens with zero attached hydrogens (tertiary/aromatic N) is 3. The summed E-state index contributed by atoms with van der Waals surface area (Å²) in [6.45, 7) is 33.6. The van der Waals surface area contributed by atoms with E-state index in [0.717, 1.165) is 34.1 Å². The lowest BCUT2D eigenvalue weighted by atomic mass is 9.92. The van der Waals surface area contributed by atoms with Crippen LogP contribution in [0.1, 0.15) is 83.5 Å². The van der Waals surface area contributed by atoms with Gasteiger partial charge in [0.15, 0.2) is 0 Å². The Morgan fingerprint density at radius 3 is 0.417 bits per heavy atom. The van der Waals surface area contributed by atoms with Crippen molar-refractivity contribution in [1.29, 1.82) is 0 Å². The second kappa shape index (κ2) is 16.5. The predicted octanol–water partition coefficient (Wildman–Crippen LogP) is 16.7. The minimum atomic E-state index is 1.15. The molecule has 306 valence electrons. The minimum absolute atomic E-state index is 1.15. The first-order valence-corrected chi connectivity index (χ1v) is 21.4. The molecule has 0 unspecified atom stereocenters. The van der Waals surface area contributed by atoms with Gasteiger partial charge in [0.25, 0.3) is 0 Å². The van der Waals surface area contributed by atoms with E-state index in [1.807, 2.05) is 0 Å². The van der Waals surface area contributed by atoms with Gasteiger partial charge >= 0.3 is 0 Å². The van der Waals surface area contributed by atoms with Gasteiger partial charge < -0.3 is 14.7 Å². The quantitative estimate of drug-likeness (QED) is 0.144. The van der Waals surface area contributed by atoms with Crippen LogP contribution in [0, 0.1) is 104 Å². The number of rotatable bonds is 9. The summed E-state index contributed by atoms with van der Waals surface area (Å²) in [5.41, 5.74) is 28.9. The van der Waals surface area contributed by atoms with Crippen molar-refractivity contribution in [3.05, 3.63) is 193 Å². The van der Waals surface area contributed by atoms with Gasteiger partial charge in [-0.3, -0.25) is 0 Å². The summed E-state index contributed by atoms with van der Waals surface area (Å²) < 4.78 is 0. The van der Waals surface area contributed by atoms with Crippen molar-refractivity contribution in [3.63, 3.8) is 0 Å². The molecular weight excluding hydrogens is 727 g/mol. The highest BCUT2D eigenvalue weighted by atomic mass is 15.2. The van der Waals surface area contributed by atoms with E-state index in [9.17, 15) is 0 Å². The molecule has 60 heavy (non-hydrogen) atoms. The van der Waals surface area contributed by atoms with Crippen LogP contribution >= 0.6 is 0 Å². The monoisotopic (exact) mass is 790 g/mol. The van der Waals surface area contributed by atoms with E-state index >= 15 is 0 Å². The first-order chi connectivity index (χ1) is 28.4. The average molecular weight is 790 g/mol. The fourth-order valence-electron chi connectivity index (χ4n) is 9.89. The molecule has 0 radical (unpaired) electrons. The molecule has 0 bridgehead atoms. The Kier molecular flexibility index (Phi) is 11.6. The average Bonchev–Trinajstić information content (AvgIpc) is 3.11. The van der Waals surface area contributed by atoms with E-state index in [1.54, 1.807) is 0 Å². The van der Waals surface area contributed by atoms with Gasteiger partial charge in [-0.2, -0.15) is 0 Å². The maximum absolute atomic E-state index is 2.54. The molecule has 0 fully saturated rings. The predicted molar refractivity (Wildman–Crippen MR) is 262 cm³/mol. The molecule has 0 aromatic heterocycles. The largest absolute Gasteiger partial charge is 0.310 e. The molecule has 0 saturated carbocycles. The number of hydrogen-bond donors (Lipinski definition) is 0. The lowest BCUT2D eigenvalue weighted by molar-refractivity contribution is 1.12. The summed E-state index contributed by atoms with van der Waals surface area (Å²) in [6, 6.07) is 41.8. The third kappa shape index (κ3) is 8.50. The van der Waals surface area contributed by atoms with E-state index in [2.05, 4.69) is 228 Å². The van der Waals surface area contributed by atoms with Crippen molar-refractivity contribution in [2.24, 2.45) is 0 Å². The fraction of sp³-hybridized carbons (Fsp3) is 0.263. The zero-order chi connectivity index (χ0) is 43.3. The Labute approximate surface area is 361 Å². The SMILES string of the molecule is Cc1cc(C)cc(N(c2cc(C)cc(C)c2)c2c(C)c(N(c3cc(C)cc(C)c3)c3cc(C)cc(C)c3)c(C)c(N(c3cc(C)cc(C)c3)c3cc(C)cc(C)c3)c2C)c1. The van der Waals surface area contributed by atoms with Crippen molar-refractivity contribution >= 4 is 51.2 Å². The van der Waals surface area contributed by atoms with Gasteiger partial charge in [0, 0.05) is 34.1 Å². The molecule has 0 aliphatic rings. The van der Waals surface area contributed by atoms with Crippen LogP contribution in [0.5, 0.6) is 0 Å². The van der Waals surface area contributed by atoms with E-state index in [4.69, 9.17) is 0 Å². The highest BCUT2D eigenvalue weighted by Gasteiger charge is 2.31. The van der Waals surface area contributed by atoms with E-state index in [-0.39, 0.29) is 0 Å². The van der Waals surface area contributed by atoms with Gasteiger partial charge in [0.2, 0.25) is 0 Å². The summed E-state index contributed by atoms with van der Waals surface area (Å²) in [5.74, 6) is 0. The summed E-state index contributed by atoms with van der Waals surface area (Å²) in [6.07, 6.45) is 0. The lowest BCUT2D eigenvalue weighted by Crippen LogP contribution is -2.22. The molecule has 3 nitrogen and oxygen atoms in total. The second-order valence-electron chi connectivity index (χ2n) is 18.0. The lowest BCUT2D eigenvalue weighted by Gasteiger charge is -2.39. The molecular formula is C57H63N3. The van der Waals surface area contributed by atoms with Crippen LogP contribution < -0.4 is 14.7 Å². The fourth-order valence-corrected chi connectivity index (χ4v) is 9.89. The molecule has 0 atom stereocenters. The third-order valence-corrected chi connectivity index (χ3v) is 11.6. The number of hydrogen-bond acceptors (Lipinski definition) is 3. The van der Waals surface area contributed by atoms with Crippen LogP contribution in [0.4, 0.5) is 51.2 Å². The molecule has 7 aromatic carbocycles. The molecule has 0 aliphatic carbocycles. The normalized spacial score (nSPS) is 11.2. The molecule has 0 spiro atoms. The first kappa shape index (κ1) is 42.1. The Morgan fingerprint density at radius 2 is 0.300 bits per heavy atom. The van der Waals surface area contributed by atoms with Crippen LogP contribution in [0.2, 0.25) is 0 Å². The highest BCUT2D eigenvalue weighted by Crippen LogP contribution is 2.54. The molecule has 0 aliphatic heterocycles. The number of aryl methyl sites for hydroxylation is 12.